The first kappa shape index (κ1) is 21.1. The number of piperidine rings is 1. The van der Waals surface area contributed by atoms with Crippen LogP contribution in [0.2, 0.25) is 0 Å². The molecule has 0 radical (unpaired) electrons. The zero-order valence-corrected chi connectivity index (χ0v) is 18.0. The second-order valence-corrected chi connectivity index (χ2v) is 8.63. The van der Waals surface area contributed by atoms with Gasteiger partial charge in [0.05, 0.1) is 17.1 Å². The van der Waals surface area contributed by atoms with E-state index in [4.69, 9.17) is 0 Å². The Kier molecular flexibility index (Phi) is 6.30. The monoisotopic (exact) mass is 405 g/mol. The fourth-order valence-electron chi connectivity index (χ4n) is 4.78. The molecule has 0 aliphatic carbocycles. The van der Waals surface area contributed by atoms with Gasteiger partial charge < -0.3 is 10.2 Å². The van der Waals surface area contributed by atoms with Gasteiger partial charge in [-0.2, -0.15) is 5.10 Å². The molecule has 2 aromatic rings. The summed E-state index contributed by atoms with van der Waals surface area (Å²) >= 11 is 0. The third kappa shape index (κ3) is 3.90. The number of nitrogens with one attached hydrogen (secondary N) is 1. The van der Waals surface area contributed by atoms with Crippen molar-refractivity contribution in [1.29, 1.82) is 0 Å². The number of rotatable bonds is 2. The van der Waals surface area contributed by atoms with Crippen LogP contribution in [0, 0.1) is 12.3 Å². The Hall–Kier alpha value is -1.66. The number of pyridine rings is 1. The second kappa shape index (κ2) is 8.37. The summed E-state index contributed by atoms with van der Waals surface area (Å²) in [4.78, 5) is 20.1. The van der Waals surface area contributed by atoms with Crippen molar-refractivity contribution in [2.24, 2.45) is 5.41 Å². The van der Waals surface area contributed by atoms with Crippen LogP contribution in [0.25, 0.3) is 11.0 Å². The number of aromatic nitrogens is 3. The summed E-state index contributed by atoms with van der Waals surface area (Å²) in [5.74, 6) is 0.139. The van der Waals surface area contributed by atoms with Crippen molar-refractivity contribution in [2.75, 3.05) is 26.2 Å². The van der Waals surface area contributed by atoms with E-state index in [1.807, 2.05) is 17.7 Å². The quantitative estimate of drug-likeness (QED) is 0.826. The standard InChI is InChI=1S/C21H31N5O.ClH/c1-15(2)26-19-18(14-23-26)17(13-16(3)24-19)20(27)25-11-4-5-21(8-12-25)6-9-22-10-7-21;/h13-15,22H,4-12H2,1-3H3;1H. The van der Waals surface area contributed by atoms with Gasteiger partial charge in [0.15, 0.2) is 5.65 Å². The van der Waals surface area contributed by atoms with Gasteiger partial charge >= 0.3 is 0 Å². The lowest BCUT2D eigenvalue weighted by atomic mass is 9.73. The predicted molar refractivity (Wildman–Crippen MR) is 114 cm³/mol. The molecule has 2 aromatic heterocycles. The normalized spacial score (nSPS) is 19.6. The Labute approximate surface area is 173 Å². The number of nitrogens with zero attached hydrogens (tertiary/aromatic N) is 4. The van der Waals surface area contributed by atoms with E-state index in [1.165, 1.54) is 19.3 Å². The molecule has 1 amide bonds. The fourth-order valence-corrected chi connectivity index (χ4v) is 4.78. The van der Waals surface area contributed by atoms with Gasteiger partial charge in [-0.25, -0.2) is 9.67 Å². The SMILES string of the molecule is Cc1cc(C(=O)N2CCCC3(CCNCC3)CC2)c2cnn(C(C)C)c2n1.Cl. The number of aryl methyl sites for hydroxylation is 1. The summed E-state index contributed by atoms with van der Waals surface area (Å²) in [5, 5.41) is 8.84. The molecule has 6 nitrogen and oxygen atoms in total. The molecule has 2 fully saturated rings. The Morgan fingerprint density at radius 3 is 2.64 bits per heavy atom. The van der Waals surface area contributed by atoms with Crippen LogP contribution in [0.15, 0.2) is 12.3 Å². The molecule has 2 saturated heterocycles. The van der Waals surface area contributed by atoms with Crippen LogP contribution in [0.4, 0.5) is 0 Å². The van der Waals surface area contributed by atoms with Crippen molar-refractivity contribution in [3.05, 3.63) is 23.5 Å². The maximum atomic E-state index is 13.4. The smallest absolute Gasteiger partial charge is 0.254 e. The van der Waals surface area contributed by atoms with E-state index in [9.17, 15) is 4.79 Å². The van der Waals surface area contributed by atoms with Crippen LogP contribution >= 0.6 is 12.4 Å². The summed E-state index contributed by atoms with van der Waals surface area (Å²) in [5.41, 5.74) is 2.88. The summed E-state index contributed by atoms with van der Waals surface area (Å²) in [6.07, 6.45) is 7.77. The molecule has 28 heavy (non-hydrogen) atoms. The molecule has 0 saturated carbocycles. The minimum Gasteiger partial charge on any atom is -0.339 e. The van der Waals surface area contributed by atoms with Crippen molar-refractivity contribution >= 4 is 29.3 Å². The van der Waals surface area contributed by atoms with Crippen molar-refractivity contribution in [3.8, 4) is 0 Å². The molecule has 0 unspecified atom stereocenters. The highest BCUT2D eigenvalue weighted by molar-refractivity contribution is 6.05. The molecule has 7 heteroatoms. The predicted octanol–water partition coefficient (Wildman–Crippen LogP) is 3.74. The van der Waals surface area contributed by atoms with Crippen LogP contribution in [0.1, 0.15) is 68.0 Å². The van der Waals surface area contributed by atoms with Gasteiger partial charge in [-0.1, -0.05) is 0 Å². The van der Waals surface area contributed by atoms with Crippen molar-refractivity contribution in [3.63, 3.8) is 0 Å². The first-order valence-corrected chi connectivity index (χ1v) is 10.3. The maximum Gasteiger partial charge on any atom is 0.254 e. The van der Waals surface area contributed by atoms with Gasteiger partial charge in [0.1, 0.15) is 0 Å². The number of hydrogen-bond acceptors (Lipinski definition) is 4. The fraction of sp³-hybridized carbons (Fsp3) is 0.667. The number of hydrogen-bond donors (Lipinski definition) is 1. The number of halogens is 1. The van der Waals surface area contributed by atoms with Gasteiger partial charge in [0.2, 0.25) is 0 Å². The van der Waals surface area contributed by atoms with Crippen LogP contribution < -0.4 is 5.32 Å². The van der Waals surface area contributed by atoms with Crippen LogP contribution in [0.5, 0.6) is 0 Å². The largest absolute Gasteiger partial charge is 0.339 e. The summed E-state index contributed by atoms with van der Waals surface area (Å²) in [6, 6.07) is 2.15. The zero-order chi connectivity index (χ0) is 19.0. The van der Waals surface area contributed by atoms with E-state index in [2.05, 4.69) is 34.1 Å². The molecular weight excluding hydrogens is 374 g/mol. The lowest BCUT2D eigenvalue weighted by Crippen LogP contribution is -2.38. The highest BCUT2D eigenvalue weighted by Gasteiger charge is 2.35. The highest BCUT2D eigenvalue weighted by atomic mass is 35.5. The Balaban J connectivity index is 0.00000225. The van der Waals surface area contributed by atoms with Gasteiger partial charge in [-0.05, 0) is 77.4 Å². The average molecular weight is 406 g/mol. The number of likely N-dealkylation sites (tertiary alicyclic amines) is 1. The Bertz CT molecular complexity index is 841. The zero-order valence-electron chi connectivity index (χ0n) is 17.2. The van der Waals surface area contributed by atoms with Crippen molar-refractivity contribution < 1.29 is 4.79 Å². The lowest BCUT2D eigenvalue weighted by molar-refractivity contribution is 0.0752. The lowest BCUT2D eigenvalue weighted by Gasteiger charge is -2.37. The molecule has 0 atom stereocenters. The van der Waals surface area contributed by atoms with E-state index in [0.29, 0.717) is 5.41 Å². The number of fused-ring (bicyclic) bond motifs is 1. The molecule has 0 bridgehead atoms. The minimum atomic E-state index is 0. The van der Waals surface area contributed by atoms with Crippen molar-refractivity contribution in [1.82, 2.24) is 25.0 Å². The number of carbonyl (C=O) groups excluding carboxylic acids is 1. The average Bonchev–Trinajstić information content (AvgIpc) is 2.98. The highest BCUT2D eigenvalue weighted by Crippen LogP contribution is 2.39. The summed E-state index contributed by atoms with van der Waals surface area (Å²) in [6.45, 7) is 10.1. The Morgan fingerprint density at radius 2 is 1.93 bits per heavy atom. The molecule has 1 N–H and O–H groups in total. The van der Waals surface area contributed by atoms with Crippen LogP contribution in [-0.4, -0.2) is 51.8 Å². The van der Waals surface area contributed by atoms with E-state index in [-0.39, 0.29) is 24.4 Å². The summed E-state index contributed by atoms with van der Waals surface area (Å²) < 4.78 is 1.91. The molecule has 154 valence electrons. The second-order valence-electron chi connectivity index (χ2n) is 8.63. The first-order valence-electron chi connectivity index (χ1n) is 10.3. The number of carbonyl (C=O) groups is 1. The van der Waals surface area contributed by atoms with E-state index in [0.717, 1.165) is 61.3 Å². The van der Waals surface area contributed by atoms with Gasteiger partial charge in [-0.3, -0.25) is 4.79 Å². The molecule has 2 aliphatic heterocycles. The van der Waals surface area contributed by atoms with E-state index >= 15 is 0 Å². The van der Waals surface area contributed by atoms with E-state index in [1.54, 1.807) is 6.20 Å². The molecule has 4 heterocycles. The molecule has 4 rings (SSSR count). The van der Waals surface area contributed by atoms with Crippen LogP contribution in [-0.2, 0) is 0 Å². The number of amides is 1. The molecule has 2 aliphatic rings. The van der Waals surface area contributed by atoms with Gasteiger partial charge in [0, 0.05) is 24.8 Å². The third-order valence-electron chi connectivity index (χ3n) is 6.41. The topological polar surface area (TPSA) is 63.1 Å². The van der Waals surface area contributed by atoms with Gasteiger partial charge in [0.25, 0.3) is 5.91 Å². The van der Waals surface area contributed by atoms with Gasteiger partial charge in [-0.15, -0.1) is 12.4 Å². The van der Waals surface area contributed by atoms with E-state index < -0.39 is 0 Å². The third-order valence-corrected chi connectivity index (χ3v) is 6.41. The van der Waals surface area contributed by atoms with Crippen LogP contribution in [0.3, 0.4) is 0 Å². The van der Waals surface area contributed by atoms with Crippen molar-refractivity contribution in [2.45, 2.75) is 58.9 Å². The maximum absolute atomic E-state index is 13.4. The molecular formula is C21H32ClN5O. The minimum absolute atomic E-state index is 0. The molecule has 1 spiro atoms. The first-order chi connectivity index (χ1) is 13.0. The Morgan fingerprint density at radius 1 is 1.18 bits per heavy atom. The summed E-state index contributed by atoms with van der Waals surface area (Å²) in [7, 11) is 0. The molecule has 0 aromatic carbocycles.